The Morgan fingerprint density at radius 3 is 2.50 bits per heavy atom. The Balaban J connectivity index is 2.61. The van der Waals surface area contributed by atoms with E-state index in [0.29, 0.717) is 0 Å². The molecule has 3 heteroatoms. The lowest BCUT2D eigenvalue weighted by Crippen LogP contribution is -1.91. The van der Waals surface area contributed by atoms with Gasteiger partial charge in [-0.25, -0.2) is 0 Å². The number of rotatable bonds is 1. The van der Waals surface area contributed by atoms with E-state index in [2.05, 4.69) is 69.1 Å². The van der Waals surface area contributed by atoms with E-state index in [0.717, 1.165) is 20.2 Å². The molecule has 0 heterocycles. The highest BCUT2D eigenvalue weighted by atomic mass is 79.9. The number of anilines is 1. The standard InChI is InChI=1S/C13H11Br2N/c1-8-3-2-4-9(7-8)10-5-6-11(14)13(16)12(10)15/h2-7H,16H2,1H3. The lowest BCUT2D eigenvalue weighted by molar-refractivity contribution is 1.46. The van der Waals surface area contributed by atoms with Gasteiger partial charge in [0.05, 0.1) is 5.69 Å². The van der Waals surface area contributed by atoms with E-state index in [4.69, 9.17) is 5.73 Å². The van der Waals surface area contributed by atoms with Crippen LogP contribution in [-0.4, -0.2) is 0 Å². The van der Waals surface area contributed by atoms with Gasteiger partial charge in [-0.3, -0.25) is 0 Å². The summed E-state index contributed by atoms with van der Waals surface area (Å²) in [6.07, 6.45) is 0. The molecule has 0 amide bonds. The number of nitrogen functional groups attached to an aromatic ring is 1. The predicted molar refractivity (Wildman–Crippen MR) is 76.4 cm³/mol. The second kappa shape index (κ2) is 4.60. The van der Waals surface area contributed by atoms with Gasteiger partial charge in [-0.2, -0.15) is 0 Å². The first-order valence-electron chi connectivity index (χ1n) is 4.90. The van der Waals surface area contributed by atoms with Gasteiger partial charge in [0.15, 0.2) is 0 Å². The van der Waals surface area contributed by atoms with Crippen molar-refractivity contribution in [2.45, 2.75) is 6.92 Å². The molecule has 2 N–H and O–H groups in total. The van der Waals surface area contributed by atoms with Gasteiger partial charge in [0, 0.05) is 8.95 Å². The van der Waals surface area contributed by atoms with E-state index in [-0.39, 0.29) is 0 Å². The SMILES string of the molecule is Cc1cccc(-c2ccc(Br)c(N)c2Br)c1. The van der Waals surface area contributed by atoms with E-state index >= 15 is 0 Å². The zero-order valence-electron chi connectivity index (χ0n) is 8.80. The summed E-state index contributed by atoms with van der Waals surface area (Å²) in [6.45, 7) is 2.08. The quantitative estimate of drug-likeness (QED) is 0.743. The van der Waals surface area contributed by atoms with Crippen molar-refractivity contribution in [1.82, 2.24) is 0 Å². The summed E-state index contributed by atoms with van der Waals surface area (Å²) in [5.74, 6) is 0. The Labute approximate surface area is 112 Å². The van der Waals surface area contributed by atoms with Crippen molar-refractivity contribution in [3.05, 3.63) is 50.9 Å². The minimum Gasteiger partial charge on any atom is -0.397 e. The molecule has 0 aliphatic carbocycles. The van der Waals surface area contributed by atoms with Crippen LogP contribution < -0.4 is 5.73 Å². The van der Waals surface area contributed by atoms with Crippen LogP contribution in [0.5, 0.6) is 0 Å². The van der Waals surface area contributed by atoms with Crippen LogP contribution in [-0.2, 0) is 0 Å². The van der Waals surface area contributed by atoms with Crippen LogP contribution in [0.2, 0.25) is 0 Å². The van der Waals surface area contributed by atoms with Gasteiger partial charge in [0.25, 0.3) is 0 Å². The Morgan fingerprint density at radius 1 is 1.06 bits per heavy atom. The van der Waals surface area contributed by atoms with Crippen LogP contribution in [0.3, 0.4) is 0 Å². The lowest BCUT2D eigenvalue weighted by Gasteiger charge is -2.09. The molecule has 1 nitrogen and oxygen atoms in total. The van der Waals surface area contributed by atoms with Crippen LogP contribution >= 0.6 is 31.9 Å². The molecule has 0 saturated heterocycles. The summed E-state index contributed by atoms with van der Waals surface area (Å²) in [6, 6.07) is 12.4. The van der Waals surface area contributed by atoms with Gasteiger partial charge in [-0.1, -0.05) is 35.9 Å². The molecule has 0 unspecified atom stereocenters. The Morgan fingerprint density at radius 2 is 1.81 bits per heavy atom. The minimum atomic E-state index is 0.735. The van der Waals surface area contributed by atoms with Crippen LogP contribution in [0.1, 0.15) is 5.56 Å². The van der Waals surface area contributed by atoms with Crippen molar-refractivity contribution in [2.75, 3.05) is 5.73 Å². The fourth-order valence-electron chi connectivity index (χ4n) is 1.60. The molecule has 0 aromatic heterocycles. The van der Waals surface area contributed by atoms with Gasteiger partial charge >= 0.3 is 0 Å². The number of hydrogen-bond donors (Lipinski definition) is 1. The summed E-state index contributed by atoms with van der Waals surface area (Å²) >= 11 is 6.95. The van der Waals surface area contributed by atoms with Crippen molar-refractivity contribution in [3.8, 4) is 11.1 Å². The van der Waals surface area contributed by atoms with Gasteiger partial charge in [-0.15, -0.1) is 0 Å². The topological polar surface area (TPSA) is 26.0 Å². The van der Waals surface area contributed by atoms with Gasteiger partial charge in [-0.05, 0) is 56.0 Å². The number of benzene rings is 2. The zero-order chi connectivity index (χ0) is 11.7. The van der Waals surface area contributed by atoms with Crippen LogP contribution in [0.4, 0.5) is 5.69 Å². The molecule has 0 aliphatic rings. The third kappa shape index (κ3) is 2.15. The largest absolute Gasteiger partial charge is 0.397 e. The zero-order valence-corrected chi connectivity index (χ0v) is 12.0. The molecule has 0 fully saturated rings. The molecule has 0 bridgehead atoms. The van der Waals surface area contributed by atoms with Crippen LogP contribution in [0, 0.1) is 6.92 Å². The second-order valence-corrected chi connectivity index (χ2v) is 5.34. The molecule has 16 heavy (non-hydrogen) atoms. The first-order chi connectivity index (χ1) is 7.59. The fourth-order valence-corrected chi connectivity index (χ4v) is 2.78. The normalized spacial score (nSPS) is 10.4. The van der Waals surface area contributed by atoms with Crippen molar-refractivity contribution in [3.63, 3.8) is 0 Å². The third-order valence-electron chi connectivity index (χ3n) is 2.46. The molecular formula is C13H11Br2N. The van der Waals surface area contributed by atoms with Crippen LogP contribution in [0.25, 0.3) is 11.1 Å². The van der Waals surface area contributed by atoms with Crippen LogP contribution in [0.15, 0.2) is 45.3 Å². The fraction of sp³-hybridized carbons (Fsp3) is 0.0769. The maximum atomic E-state index is 5.96. The van der Waals surface area contributed by atoms with Gasteiger partial charge in [0.2, 0.25) is 0 Å². The van der Waals surface area contributed by atoms with Gasteiger partial charge in [0.1, 0.15) is 0 Å². The molecular weight excluding hydrogens is 330 g/mol. The van der Waals surface area contributed by atoms with E-state index in [1.807, 2.05) is 6.07 Å². The average Bonchev–Trinajstić information content (AvgIpc) is 2.26. The molecule has 2 rings (SSSR count). The average molecular weight is 341 g/mol. The maximum Gasteiger partial charge on any atom is 0.0609 e. The smallest absolute Gasteiger partial charge is 0.0609 e. The third-order valence-corrected chi connectivity index (χ3v) is 4.00. The van der Waals surface area contributed by atoms with Gasteiger partial charge < -0.3 is 5.73 Å². The Bertz CT molecular complexity index is 535. The number of hydrogen-bond acceptors (Lipinski definition) is 1. The monoisotopic (exact) mass is 339 g/mol. The number of aryl methyl sites for hydroxylation is 1. The maximum absolute atomic E-state index is 5.96. The highest BCUT2D eigenvalue weighted by Gasteiger charge is 2.08. The predicted octanol–water partition coefficient (Wildman–Crippen LogP) is 4.77. The molecule has 0 atom stereocenters. The molecule has 2 aromatic carbocycles. The van der Waals surface area contributed by atoms with E-state index in [1.54, 1.807) is 0 Å². The van der Waals surface area contributed by atoms with Crippen molar-refractivity contribution < 1.29 is 0 Å². The van der Waals surface area contributed by atoms with Crippen molar-refractivity contribution in [2.24, 2.45) is 0 Å². The number of halogens is 2. The Kier molecular flexibility index (Phi) is 3.36. The van der Waals surface area contributed by atoms with E-state index < -0.39 is 0 Å². The number of nitrogens with two attached hydrogens (primary N) is 1. The molecule has 0 saturated carbocycles. The Hall–Kier alpha value is -0.800. The molecule has 0 spiro atoms. The van der Waals surface area contributed by atoms with Crippen molar-refractivity contribution in [1.29, 1.82) is 0 Å². The highest BCUT2D eigenvalue weighted by Crippen LogP contribution is 2.37. The molecule has 82 valence electrons. The molecule has 0 aliphatic heterocycles. The summed E-state index contributed by atoms with van der Waals surface area (Å²) in [4.78, 5) is 0. The van der Waals surface area contributed by atoms with Crippen molar-refractivity contribution >= 4 is 37.5 Å². The first-order valence-corrected chi connectivity index (χ1v) is 6.48. The summed E-state index contributed by atoms with van der Waals surface area (Å²) in [7, 11) is 0. The van der Waals surface area contributed by atoms with E-state index in [1.165, 1.54) is 11.1 Å². The summed E-state index contributed by atoms with van der Waals surface area (Å²) in [5, 5.41) is 0. The van der Waals surface area contributed by atoms with E-state index in [9.17, 15) is 0 Å². The first kappa shape index (κ1) is 11.7. The lowest BCUT2D eigenvalue weighted by atomic mass is 10.0. The summed E-state index contributed by atoms with van der Waals surface area (Å²) in [5.41, 5.74) is 10.2. The molecule has 0 radical (unpaired) electrons. The second-order valence-electron chi connectivity index (χ2n) is 3.69. The summed E-state index contributed by atoms with van der Waals surface area (Å²) < 4.78 is 1.85. The highest BCUT2D eigenvalue weighted by molar-refractivity contribution is 9.11. The molecule has 2 aromatic rings. The minimum absolute atomic E-state index is 0.735.